The molecule has 0 unspecified atom stereocenters. The molecule has 2 heterocycles. The highest BCUT2D eigenvalue weighted by Gasteiger charge is 2.17. The molecule has 156 valence electrons. The summed E-state index contributed by atoms with van der Waals surface area (Å²) in [6.07, 6.45) is 2.10. The van der Waals surface area contributed by atoms with Crippen LogP contribution in [0.5, 0.6) is 5.75 Å². The molecule has 9 nitrogen and oxygen atoms in total. The lowest BCUT2D eigenvalue weighted by molar-refractivity contribution is -0.123. The Labute approximate surface area is 176 Å². The summed E-state index contributed by atoms with van der Waals surface area (Å²) in [7, 11) is 0. The van der Waals surface area contributed by atoms with Crippen molar-refractivity contribution in [1.29, 1.82) is 0 Å². The Morgan fingerprint density at radius 2 is 2.03 bits per heavy atom. The fourth-order valence-corrected chi connectivity index (χ4v) is 3.22. The molecule has 11 heteroatoms. The Kier molecular flexibility index (Phi) is 8.14. The van der Waals surface area contributed by atoms with E-state index in [-0.39, 0.29) is 47.9 Å². The zero-order chi connectivity index (χ0) is 20.5. The largest absolute Gasteiger partial charge is 0.484 e. The number of nitrogens with one attached hydrogen (secondary N) is 2. The van der Waals surface area contributed by atoms with Crippen LogP contribution in [-0.2, 0) is 20.9 Å². The van der Waals surface area contributed by atoms with Crippen LogP contribution in [-0.4, -0.2) is 53.6 Å². The molecule has 1 aromatic carbocycles. The number of hydrogen-bond acceptors (Lipinski definition) is 8. The molecule has 0 radical (unpaired) electrons. The minimum atomic E-state index is -0.333. The number of ether oxygens (including phenoxy) is 2. The molecule has 2 aromatic rings. The van der Waals surface area contributed by atoms with Crippen LogP contribution in [0.2, 0.25) is 5.02 Å². The van der Waals surface area contributed by atoms with Gasteiger partial charge in [0.15, 0.2) is 6.61 Å². The van der Waals surface area contributed by atoms with Crippen molar-refractivity contribution in [2.75, 3.05) is 25.5 Å². The molecule has 0 spiro atoms. The predicted octanol–water partition coefficient (Wildman–Crippen LogP) is 1.81. The van der Waals surface area contributed by atoms with Crippen LogP contribution in [0.15, 0.2) is 33.9 Å². The van der Waals surface area contributed by atoms with Crippen LogP contribution in [0.3, 0.4) is 0 Å². The van der Waals surface area contributed by atoms with E-state index in [4.69, 9.17) is 25.5 Å². The van der Waals surface area contributed by atoms with Gasteiger partial charge in [-0.15, -0.1) is 10.2 Å². The molecule has 0 saturated carbocycles. The van der Waals surface area contributed by atoms with Gasteiger partial charge in [0.05, 0.1) is 18.4 Å². The SMILES string of the molecule is O=C(COc1ccc(Cl)cc1)NCc1nnc(SCC(=O)NC[C@H]2CCCO2)o1. The van der Waals surface area contributed by atoms with Gasteiger partial charge in [-0.3, -0.25) is 9.59 Å². The van der Waals surface area contributed by atoms with E-state index in [1.54, 1.807) is 24.3 Å². The van der Waals surface area contributed by atoms with Gasteiger partial charge in [-0.1, -0.05) is 23.4 Å². The van der Waals surface area contributed by atoms with Gasteiger partial charge in [-0.2, -0.15) is 0 Å². The Morgan fingerprint density at radius 3 is 2.79 bits per heavy atom. The molecule has 1 fully saturated rings. The third kappa shape index (κ3) is 7.56. The van der Waals surface area contributed by atoms with Gasteiger partial charge in [0.2, 0.25) is 11.8 Å². The lowest BCUT2D eigenvalue weighted by Gasteiger charge is -2.09. The number of carbonyl (C=O) groups is 2. The molecular weight excluding hydrogens is 420 g/mol. The fourth-order valence-electron chi connectivity index (χ4n) is 2.48. The van der Waals surface area contributed by atoms with E-state index in [0.717, 1.165) is 31.2 Å². The van der Waals surface area contributed by atoms with Crippen LogP contribution in [0.1, 0.15) is 18.7 Å². The molecule has 1 aliphatic rings. The topological polar surface area (TPSA) is 116 Å². The van der Waals surface area contributed by atoms with Gasteiger partial charge in [0.1, 0.15) is 5.75 Å². The van der Waals surface area contributed by atoms with Crippen LogP contribution in [0.4, 0.5) is 0 Å². The fraction of sp³-hybridized carbons (Fsp3) is 0.444. The quantitative estimate of drug-likeness (QED) is 0.537. The summed E-state index contributed by atoms with van der Waals surface area (Å²) < 4.78 is 16.2. The molecule has 0 bridgehead atoms. The van der Waals surface area contributed by atoms with Crippen molar-refractivity contribution >= 4 is 35.2 Å². The van der Waals surface area contributed by atoms with Crippen molar-refractivity contribution in [2.45, 2.75) is 30.7 Å². The van der Waals surface area contributed by atoms with Crippen LogP contribution >= 0.6 is 23.4 Å². The molecular formula is C18H21ClN4O5S. The molecule has 2 amide bonds. The number of halogens is 1. The molecule has 1 aromatic heterocycles. The van der Waals surface area contributed by atoms with Crippen LogP contribution in [0.25, 0.3) is 0 Å². The molecule has 0 aliphatic carbocycles. The van der Waals surface area contributed by atoms with Crippen LogP contribution < -0.4 is 15.4 Å². The summed E-state index contributed by atoms with van der Waals surface area (Å²) in [5.41, 5.74) is 0. The van der Waals surface area contributed by atoms with Crippen molar-refractivity contribution in [3.8, 4) is 5.75 Å². The zero-order valence-corrected chi connectivity index (χ0v) is 17.1. The van der Waals surface area contributed by atoms with Crippen molar-refractivity contribution in [1.82, 2.24) is 20.8 Å². The van der Waals surface area contributed by atoms with E-state index in [1.165, 1.54) is 0 Å². The van der Waals surface area contributed by atoms with Crippen LogP contribution in [0, 0.1) is 0 Å². The summed E-state index contributed by atoms with van der Waals surface area (Å²) in [5, 5.41) is 14.0. The number of thioether (sulfide) groups is 1. The second kappa shape index (κ2) is 11.0. The average molecular weight is 441 g/mol. The zero-order valence-electron chi connectivity index (χ0n) is 15.6. The standard InChI is InChI=1S/C18H21ClN4O5S/c19-12-3-5-13(6-4-12)27-10-15(24)21-9-17-22-23-18(28-17)29-11-16(25)20-8-14-2-1-7-26-14/h3-6,14H,1-2,7-11H2,(H,20,25)(H,21,24)/t14-/m1/s1. The number of aromatic nitrogens is 2. The molecule has 29 heavy (non-hydrogen) atoms. The highest BCUT2D eigenvalue weighted by atomic mass is 35.5. The summed E-state index contributed by atoms with van der Waals surface area (Å²) in [6.45, 7) is 1.19. The number of carbonyl (C=O) groups excluding carboxylic acids is 2. The molecule has 1 aliphatic heterocycles. The third-order valence-corrected chi connectivity index (χ3v) is 5.02. The molecule has 1 saturated heterocycles. The molecule has 1 atom stereocenters. The predicted molar refractivity (Wildman–Crippen MR) is 106 cm³/mol. The van der Waals surface area contributed by atoms with Gasteiger partial charge < -0.3 is 24.5 Å². The van der Waals surface area contributed by atoms with E-state index in [2.05, 4.69) is 20.8 Å². The summed E-state index contributed by atoms with van der Waals surface area (Å²) in [5.74, 6) is 0.486. The lowest BCUT2D eigenvalue weighted by Crippen LogP contribution is -2.32. The lowest BCUT2D eigenvalue weighted by atomic mass is 10.2. The van der Waals surface area contributed by atoms with E-state index in [0.29, 0.717) is 17.3 Å². The van der Waals surface area contributed by atoms with Crippen molar-refractivity contribution in [2.24, 2.45) is 0 Å². The van der Waals surface area contributed by atoms with Gasteiger partial charge in [0, 0.05) is 18.2 Å². The minimum Gasteiger partial charge on any atom is -0.484 e. The number of rotatable bonds is 10. The summed E-state index contributed by atoms with van der Waals surface area (Å²) in [4.78, 5) is 23.7. The Balaban J connectivity index is 1.31. The second-order valence-corrected chi connectivity index (χ2v) is 7.57. The van der Waals surface area contributed by atoms with E-state index >= 15 is 0 Å². The van der Waals surface area contributed by atoms with E-state index < -0.39 is 0 Å². The number of hydrogen-bond donors (Lipinski definition) is 2. The average Bonchev–Trinajstić information content (AvgIpc) is 3.40. The first-order valence-corrected chi connectivity index (χ1v) is 10.4. The maximum absolute atomic E-state index is 11.8. The van der Waals surface area contributed by atoms with Gasteiger partial charge in [0.25, 0.3) is 11.1 Å². The van der Waals surface area contributed by atoms with Crippen molar-refractivity contribution in [3.63, 3.8) is 0 Å². The third-order valence-electron chi connectivity index (χ3n) is 3.95. The number of nitrogens with zero attached hydrogens (tertiary/aromatic N) is 2. The Hall–Kier alpha value is -2.30. The maximum atomic E-state index is 11.8. The van der Waals surface area contributed by atoms with Gasteiger partial charge in [-0.05, 0) is 37.1 Å². The summed E-state index contributed by atoms with van der Waals surface area (Å²) >= 11 is 6.92. The van der Waals surface area contributed by atoms with E-state index in [1.807, 2.05) is 0 Å². The highest BCUT2D eigenvalue weighted by molar-refractivity contribution is 7.99. The first-order chi connectivity index (χ1) is 14.1. The summed E-state index contributed by atoms with van der Waals surface area (Å²) in [6, 6.07) is 6.70. The van der Waals surface area contributed by atoms with Gasteiger partial charge >= 0.3 is 0 Å². The molecule has 3 rings (SSSR count). The normalized spacial score (nSPS) is 15.8. The maximum Gasteiger partial charge on any atom is 0.277 e. The van der Waals surface area contributed by atoms with E-state index in [9.17, 15) is 9.59 Å². The van der Waals surface area contributed by atoms with Gasteiger partial charge in [-0.25, -0.2) is 0 Å². The minimum absolute atomic E-state index is 0.0710. The Bertz CT molecular complexity index is 811. The van der Waals surface area contributed by atoms with Crippen molar-refractivity contribution in [3.05, 3.63) is 35.2 Å². The highest BCUT2D eigenvalue weighted by Crippen LogP contribution is 2.17. The number of benzene rings is 1. The Morgan fingerprint density at radius 1 is 1.21 bits per heavy atom. The monoisotopic (exact) mass is 440 g/mol. The van der Waals surface area contributed by atoms with Crippen molar-refractivity contribution < 1.29 is 23.5 Å². The molecule has 2 N–H and O–H groups in total. The first kappa shape index (κ1) is 21.4. The first-order valence-electron chi connectivity index (χ1n) is 9.07. The second-order valence-electron chi connectivity index (χ2n) is 6.21. The number of amides is 2. The smallest absolute Gasteiger partial charge is 0.277 e.